The van der Waals surface area contributed by atoms with Gasteiger partial charge in [-0.05, 0) is 43.4 Å². The molecule has 0 aliphatic carbocycles. The average molecular weight is 290 g/mol. The number of anilines is 1. The smallest absolute Gasteiger partial charge is 0.224 e. The van der Waals surface area contributed by atoms with Crippen LogP contribution in [0, 0.1) is 5.92 Å². The third kappa shape index (κ3) is 7.49. The molecule has 0 aromatic heterocycles. The van der Waals surface area contributed by atoms with Crippen LogP contribution < -0.4 is 10.6 Å². The summed E-state index contributed by atoms with van der Waals surface area (Å²) in [6.07, 6.45) is 2.49. The van der Waals surface area contributed by atoms with E-state index in [1.807, 2.05) is 31.2 Å². The first-order valence-corrected chi connectivity index (χ1v) is 7.52. The highest BCUT2D eigenvalue weighted by Crippen LogP contribution is 2.11. The lowest BCUT2D eigenvalue weighted by Gasteiger charge is -2.15. The van der Waals surface area contributed by atoms with Crippen LogP contribution in [0.4, 0.5) is 5.69 Å². The van der Waals surface area contributed by atoms with Gasteiger partial charge in [0.15, 0.2) is 0 Å². The van der Waals surface area contributed by atoms with Crippen LogP contribution in [0.5, 0.6) is 0 Å². The lowest BCUT2D eigenvalue weighted by atomic mass is 10.0. The molecular weight excluding hydrogens is 264 g/mol. The standard InChI is InChI=1S/C17H26N2O2/c1-12(2)5-6-13(3)18-17(21)11-15-7-9-16(10-8-15)19-14(4)20/h7-10,12-13H,5-6,11H2,1-4H3,(H,18,21)(H,19,20). The third-order valence-electron chi connectivity index (χ3n) is 3.22. The Kier molecular flexibility index (Phi) is 6.92. The first-order chi connectivity index (χ1) is 9.86. The predicted octanol–water partition coefficient (Wildman–Crippen LogP) is 3.13. The van der Waals surface area contributed by atoms with Crippen LogP contribution in [0.15, 0.2) is 24.3 Å². The maximum Gasteiger partial charge on any atom is 0.224 e. The molecule has 0 aliphatic heterocycles. The number of carbonyl (C=O) groups excluding carboxylic acids is 2. The number of carbonyl (C=O) groups is 2. The van der Waals surface area contributed by atoms with Crippen molar-refractivity contribution in [3.63, 3.8) is 0 Å². The van der Waals surface area contributed by atoms with Gasteiger partial charge in [0, 0.05) is 18.7 Å². The van der Waals surface area contributed by atoms with Crippen molar-refractivity contribution >= 4 is 17.5 Å². The predicted molar refractivity (Wildman–Crippen MR) is 86.1 cm³/mol. The number of benzene rings is 1. The molecule has 116 valence electrons. The molecule has 2 N–H and O–H groups in total. The van der Waals surface area contributed by atoms with E-state index in [0.29, 0.717) is 12.3 Å². The van der Waals surface area contributed by atoms with E-state index in [1.165, 1.54) is 6.92 Å². The molecule has 21 heavy (non-hydrogen) atoms. The van der Waals surface area contributed by atoms with Crippen LogP contribution in [-0.4, -0.2) is 17.9 Å². The first-order valence-electron chi connectivity index (χ1n) is 7.52. The van der Waals surface area contributed by atoms with Gasteiger partial charge < -0.3 is 10.6 Å². The summed E-state index contributed by atoms with van der Waals surface area (Å²) in [4.78, 5) is 22.9. The molecule has 2 amide bonds. The second kappa shape index (κ2) is 8.45. The van der Waals surface area contributed by atoms with Crippen molar-refractivity contribution < 1.29 is 9.59 Å². The molecular formula is C17H26N2O2. The summed E-state index contributed by atoms with van der Waals surface area (Å²) in [7, 11) is 0. The van der Waals surface area contributed by atoms with Gasteiger partial charge in [-0.25, -0.2) is 0 Å². The minimum atomic E-state index is -0.0977. The van der Waals surface area contributed by atoms with E-state index < -0.39 is 0 Å². The summed E-state index contributed by atoms with van der Waals surface area (Å²) in [6, 6.07) is 7.56. The Morgan fingerprint density at radius 1 is 1.05 bits per heavy atom. The highest BCUT2D eigenvalue weighted by molar-refractivity contribution is 5.88. The molecule has 1 aromatic carbocycles. The molecule has 0 saturated carbocycles. The number of hydrogen-bond donors (Lipinski definition) is 2. The van der Waals surface area contributed by atoms with E-state index in [1.54, 1.807) is 0 Å². The van der Waals surface area contributed by atoms with Crippen molar-refractivity contribution in [2.24, 2.45) is 5.92 Å². The van der Waals surface area contributed by atoms with E-state index in [2.05, 4.69) is 24.5 Å². The van der Waals surface area contributed by atoms with Gasteiger partial charge in [0.05, 0.1) is 6.42 Å². The van der Waals surface area contributed by atoms with Crippen LogP contribution in [0.1, 0.15) is 46.1 Å². The lowest BCUT2D eigenvalue weighted by Crippen LogP contribution is -2.33. The van der Waals surface area contributed by atoms with Gasteiger partial charge in [0.1, 0.15) is 0 Å². The van der Waals surface area contributed by atoms with Gasteiger partial charge in [-0.3, -0.25) is 9.59 Å². The monoisotopic (exact) mass is 290 g/mol. The van der Waals surface area contributed by atoms with E-state index in [0.717, 1.165) is 24.1 Å². The highest BCUT2D eigenvalue weighted by Gasteiger charge is 2.09. The Bertz CT molecular complexity index is 466. The van der Waals surface area contributed by atoms with E-state index in [9.17, 15) is 9.59 Å². The molecule has 1 rings (SSSR count). The third-order valence-corrected chi connectivity index (χ3v) is 3.22. The number of hydrogen-bond acceptors (Lipinski definition) is 2. The molecule has 0 aliphatic rings. The van der Waals surface area contributed by atoms with Crippen molar-refractivity contribution in [2.45, 2.75) is 53.0 Å². The molecule has 0 bridgehead atoms. The average Bonchev–Trinajstić information content (AvgIpc) is 2.38. The highest BCUT2D eigenvalue weighted by atomic mass is 16.2. The van der Waals surface area contributed by atoms with E-state index in [4.69, 9.17) is 0 Å². The largest absolute Gasteiger partial charge is 0.353 e. The Hall–Kier alpha value is -1.84. The van der Waals surface area contributed by atoms with Gasteiger partial charge in [-0.1, -0.05) is 26.0 Å². The minimum Gasteiger partial charge on any atom is -0.353 e. The van der Waals surface area contributed by atoms with Crippen molar-refractivity contribution in [1.82, 2.24) is 5.32 Å². The van der Waals surface area contributed by atoms with Crippen LogP contribution in [0.3, 0.4) is 0 Å². The normalized spacial score (nSPS) is 12.0. The zero-order valence-corrected chi connectivity index (χ0v) is 13.4. The summed E-state index contributed by atoms with van der Waals surface area (Å²) in [5, 5.41) is 5.73. The Morgan fingerprint density at radius 2 is 1.67 bits per heavy atom. The summed E-state index contributed by atoms with van der Waals surface area (Å²) in [6.45, 7) is 7.89. The molecule has 1 unspecified atom stereocenters. The van der Waals surface area contributed by atoms with Gasteiger partial charge in [0.25, 0.3) is 0 Å². The molecule has 0 spiro atoms. The van der Waals surface area contributed by atoms with Gasteiger partial charge in [-0.2, -0.15) is 0 Å². The fourth-order valence-corrected chi connectivity index (χ4v) is 2.08. The zero-order chi connectivity index (χ0) is 15.8. The fourth-order valence-electron chi connectivity index (χ4n) is 2.08. The summed E-state index contributed by atoms with van der Waals surface area (Å²) in [5.74, 6) is 0.601. The number of amides is 2. The molecule has 0 saturated heterocycles. The van der Waals surface area contributed by atoms with Crippen molar-refractivity contribution in [1.29, 1.82) is 0 Å². The van der Waals surface area contributed by atoms with E-state index >= 15 is 0 Å². The summed E-state index contributed by atoms with van der Waals surface area (Å²) >= 11 is 0. The van der Waals surface area contributed by atoms with Gasteiger partial charge in [-0.15, -0.1) is 0 Å². The maximum absolute atomic E-state index is 11.9. The molecule has 1 atom stereocenters. The van der Waals surface area contributed by atoms with Crippen molar-refractivity contribution in [3.05, 3.63) is 29.8 Å². The fraction of sp³-hybridized carbons (Fsp3) is 0.529. The van der Waals surface area contributed by atoms with Crippen molar-refractivity contribution in [2.75, 3.05) is 5.32 Å². The molecule has 0 radical (unpaired) electrons. The second-order valence-corrected chi connectivity index (χ2v) is 5.99. The molecule has 4 nitrogen and oxygen atoms in total. The zero-order valence-electron chi connectivity index (χ0n) is 13.4. The topological polar surface area (TPSA) is 58.2 Å². The summed E-state index contributed by atoms with van der Waals surface area (Å²) < 4.78 is 0. The van der Waals surface area contributed by atoms with Gasteiger partial charge >= 0.3 is 0 Å². The minimum absolute atomic E-state index is 0.0403. The Labute approximate surface area is 127 Å². The van der Waals surface area contributed by atoms with Gasteiger partial charge in [0.2, 0.25) is 11.8 Å². The SMILES string of the molecule is CC(=O)Nc1ccc(CC(=O)NC(C)CCC(C)C)cc1. The van der Waals surface area contributed by atoms with Crippen LogP contribution in [0.2, 0.25) is 0 Å². The molecule has 0 fully saturated rings. The second-order valence-electron chi connectivity index (χ2n) is 5.99. The number of rotatable bonds is 7. The Morgan fingerprint density at radius 3 is 2.19 bits per heavy atom. The van der Waals surface area contributed by atoms with Crippen LogP contribution >= 0.6 is 0 Å². The molecule has 1 aromatic rings. The van der Waals surface area contributed by atoms with Crippen LogP contribution in [0.25, 0.3) is 0 Å². The van der Waals surface area contributed by atoms with Crippen molar-refractivity contribution in [3.8, 4) is 0 Å². The number of nitrogens with one attached hydrogen (secondary N) is 2. The molecule has 4 heteroatoms. The van der Waals surface area contributed by atoms with E-state index in [-0.39, 0.29) is 17.9 Å². The maximum atomic E-state index is 11.9. The quantitative estimate of drug-likeness (QED) is 0.810. The van der Waals surface area contributed by atoms with Crippen LogP contribution in [-0.2, 0) is 16.0 Å². The Balaban J connectivity index is 2.42. The first kappa shape index (κ1) is 17.2. The summed E-state index contributed by atoms with van der Waals surface area (Å²) in [5.41, 5.74) is 1.69. The molecule has 0 heterocycles. The lowest BCUT2D eigenvalue weighted by molar-refractivity contribution is -0.121.